The summed E-state index contributed by atoms with van der Waals surface area (Å²) in [6.07, 6.45) is 0.976. The van der Waals surface area contributed by atoms with E-state index in [1.807, 2.05) is 19.1 Å². The van der Waals surface area contributed by atoms with Gasteiger partial charge in [-0.1, -0.05) is 17.7 Å². The molecule has 0 aliphatic carbocycles. The highest BCUT2D eigenvalue weighted by atomic mass is 35.5. The Hall–Kier alpha value is -1.32. The summed E-state index contributed by atoms with van der Waals surface area (Å²) < 4.78 is 1.66. The molecule has 0 spiro atoms. The molecule has 2 aromatic rings. The Kier molecular flexibility index (Phi) is 2.99. The monoisotopic (exact) mass is 236 g/mol. The van der Waals surface area contributed by atoms with Gasteiger partial charge in [0.05, 0.1) is 5.69 Å². The van der Waals surface area contributed by atoms with Crippen molar-refractivity contribution in [3.8, 4) is 0 Å². The summed E-state index contributed by atoms with van der Waals surface area (Å²) in [5.74, 6) is 0. The molecule has 0 fully saturated rings. The third kappa shape index (κ3) is 1.96. The molecule has 84 valence electrons. The molecule has 0 saturated carbocycles. The Morgan fingerprint density at radius 1 is 1.38 bits per heavy atom. The number of aliphatic hydroxyl groups is 1. The fourth-order valence-corrected chi connectivity index (χ4v) is 1.90. The molecule has 4 heteroatoms. The lowest BCUT2D eigenvalue weighted by Crippen LogP contribution is -2.07. The first-order valence-corrected chi connectivity index (χ1v) is 5.39. The second-order valence-electron chi connectivity index (χ2n) is 3.78. The van der Waals surface area contributed by atoms with Gasteiger partial charge >= 0.3 is 0 Å². The molecule has 1 heterocycles. The number of benzene rings is 1. The van der Waals surface area contributed by atoms with Gasteiger partial charge in [-0.15, -0.1) is 0 Å². The molecule has 1 aromatic heterocycles. The number of hydrogen-bond donors (Lipinski definition) is 1. The van der Waals surface area contributed by atoms with E-state index >= 15 is 0 Å². The van der Waals surface area contributed by atoms with Crippen LogP contribution in [-0.2, 0) is 7.05 Å². The van der Waals surface area contributed by atoms with Crippen LogP contribution in [-0.4, -0.2) is 14.9 Å². The maximum absolute atomic E-state index is 10.2. The smallest absolute Gasteiger partial charge is 0.121 e. The Morgan fingerprint density at radius 3 is 2.75 bits per heavy atom. The number of nitrogens with zero attached hydrogens (tertiary/aromatic N) is 2. The van der Waals surface area contributed by atoms with Crippen molar-refractivity contribution in [3.05, 3.63) is 52.3 Å². The second kappa shape index (κ2) is 4.28. The van der Waals surface area contributed by atoms with Crippen molar-refractivity contribution in [2.24, 2.45) is 7.05 Å². The first-order valence-electron chi connectivity index (χ1n) is 5.01. The van der Waals surface area contributed by atoms with Crippen LogP contribution >= 0.6 is 11.6 Å². The lowest BCUT2D eigenvalue weighted by atomic mass is 10.0. The molecular formula is C12H13ClN2O. The van der Waals surface area contributed by atoms with E-state index in [9.17, 15) is 5.11 Å². The predicted octanol–water partition coefficient (Wildman–Crippen LogP) is 2.46. The van der Waals surface area contributed by atoms with Crippen LogP contribution in [0.3, 0.4) is 0 Å². The fourth-order valence-electron chi connectivity index (χ4n) is 1.72. The highest BCUT2D eigenvalue weighted by Crippen LogP contribution is 2.26. The standard InChI is InChI=1S/C12H13ClN2O/c1-8-3-4-9(13)7-10(8)12(16)11-5-6-14-15(11)2/h3-7,12,16H,1-2H3. The summed E-state index contributed by atoms with van der Waals surface area (Å²) >= 11 is 5.93. The second-order valence-corrected chi connectivity index (χ2v) is 4.22. The minimum atomic E-state index is -0.689. The average Bonchev–Trinajstić information content (AvgIpc) is 2.67. The van der Waals surface area contributed by atoms with Gasteiger partial charge in [-0.25, -0.2) is 0 Å². The molecule has 0 saturated heterocycles. The van der Waals surface area contributed by atoms with Crippen LogP contribution in [0.4, 0.5) is 0 Å². The van der Waals surface area contributed by atoms with E-state index in [-0.39, 0.29) is 0 Å². The quantitative estimate of drug-likeness (QED) is 0.870. The van der Waals surface area contributed by atoms with Crippen LogP contribution in [0, 0.1) is 6.92 Å². The summed E-state index contributed by atoms with van der Waals surface area (Å²) in [5, 5.41) is 14.9. The van der Waals surface area contributed by atoms with Crippen LogP contribution in [0.5, 0.6) is 0 Å². The lowest BCUT2D eigenvalue weighted by molar-refractivity contribution is 0.209. The van der Waals surface area contributed by atoms with Gasteiger partial charge in [-0.05, 0) is 36.2 Å². The highest BCUT2D eigenvalue weighted by molar-refractivity contribution is 6.30. The van der Waals surface area contributed by atoms with E-state index in [0.29, 0.717) is 5.02 Å². The maximum Gasteiger partial charge on any atom is 0.121 e. The average molecular weight is 237 g/mol. The molecule has 0 bridgehead atoms. The third-order valence-electron chi connectivity index (χ3n) is 2.67. The number of aliphatic hydroxyl groups excluding tert-OH is 1. The van der Waals surface area contributed by atoms with Gasteiger partial charge in [0.15, 0.2) is 0 Å². The minimum absolute atomic E-state index is 0.627. The fraction of sp³-hybridized carbons (Fsp3) is 0.250. The molecule has 2 rings (SSSR count). The normalized spacial score (nSPS) is 12.8. The van der Waals surface area contributed by atoms with Crippen molar-refractivity contribution in [1.82, 2.24) is 9.78 Å². The van der Waals surface area contributed by atoms with Crippen molar-refractivity contribution < 1.29 is 5.11 Å². The summed E-state index contributed by atoms with van der Waals surface area (Å²) in [5.41, 5.74) is 2.58. The van der Waals surface area contributed by atoms with E-state index in [4.69, 9.17) is 11.6 Å². The van der Waals surface area contributed by atoms with E-state index in [0.717, 1.165) is 16.8 Å². The largest absolute Gasteiger partial charge is 0.382 e. The third-order valence-corrected chi connectivity index (χ3v) is 2.91. The number of aryl methyl sites for hydroxylation is 2. The molecule has 16 heavy (non-hydrogen) atoms. The molecule has 1 N–H and O–H groups in total. The summed E-state index contributed by atoms with van der Waals surface area (Å²) in [7, 11) is 1.80. The molecule has 1 aromatic carbocycles. The molecule has 1 unspecified atom stereocenters. The molecule has 0 radical (unpaired) electrons. The Morgan fingerprint density at radius 2 is 2.12 bits per heavy atom. The van der Waals surface area contributed by atoms with Gasteiger partial charge in [0.25, 0.3) is 0 Å². The van der Waals surface area contributed by atoms with Crippen molar-refractivity contribution in [2.75, 3.05) is 0 Å². The minimum Gasteiger partial charge on any atom is -0.382 e. The van der Waals surface area contributed by atoms with Gasteiger partial charge in [0, 0.05) is 18.3 Å². The van der Waals surface area contributed by atoms with Crippen LogP contribution < -0.4 is 0 Å². The SMILES string of the molecule is Cc1ccc(Cl)cc1C(O)c1ccnn1C. The van der Waals surface area contributed by atoms with E-state index in [1.165, 1.54) is 0 Å². The van der Waals surface area contributed by atoms with Gasteiger partial charge in [0.1, 0.15) is 6.10 Å². The lowest BCUT2D eigenvalue weighted by Gasteiger charge is -2.14. The molecule has 1 atom stereocenters. The van der Waals surface area contributed by atoms with Crippen molar-refractivity contribution in [1.29, 1.82) is 0 Å². The van der Waals surface area contributed by atoms with Crippen LogP contribution in [0.2, 0.25) is 5.02 Å². The summed E-state index contributed by atoms with van der Waals surface area (Å²) in [6.45, 7) is 1.95. The summed E-state index contributed by atoms with van der Waals surface area (Å²) in [4.78, 5) is 0. The molecular weight excluding hydrogens is 224 g/mol. The highest BCUT2D eigenvalue weighted by Gasteiger charge is 2.16. The predicted molar refractivity (Wildman–Crippen MR) is 63.5 cm³/mol. The van der Waals surface area contributed by atoms with Crippen LogP contribution in [0.1, 0.15) is 22.9 Å². The van der Waals surface area contributed by atoms with Gasteiger partial charge in [-0.3, -0.25) is 4.68 Å². The van der Waals surface area contributed by atoms with Crippen molar-refractivity contribution >= 4 is 11.6 Å². The van der Waals surface area contributed by atoms with E-state index in [1.54, 1.807) is 30.1 Å². The molecule has 0 aliphatic rings. The number of rotatable bonds is 2. The molecule has 0 amide bonds. The van der Waals surface area contributed by atoms with Crippen LogP contribution in [0.15, 0.2) is 30.5 Å². The van der Waals surface area contributed by atoms with E-state index < -0.39 is 6.10 Å². The Balaban J connectivity index is 2.45. The number of aromatic nitrogens is 2. The Labute approximate surface area is 99.3 Å². The topological polar surface area (TPSA) is 38.1 Å². The number of hydrogen-bond acceptors (Lipinski definition) is 2. The zero-order valence-corrected chi connectivity index (χ0v) is 9.94. The van der Waals surface area contributed by atoms with Crippen molar-refractivity contribution in [2.45, 2.75) is 13.0 Å². The molecule has 0 aliphatic heterocycles. The van der Waals surface area contributed by atoms with Crippen molar-refractivity contribution in [3.63, 3.8) is 0 Å². The number of halogens is 1. The van der Waals surface area contributed by atoms with Crippen LogP contribution in [0.25, 0.3) is 0 Å². The zero-order valence-electron chi connectivity index (χ0n) is 9.18. The molecule has 3 nitrogen and oxygen atoms in total. The first-order chi connectivity index (χ1) is 7.59. The first kappa shape index (κ1) is 11.2. The summed E-state index contributed by atoms with van der Waals surface area (Å²) in [6, 6.07) is 7.30. The maximum atomic E-state index is 10.2. The van der Waals surface area contributed by atoms with Gasteiger partial charge in [0.2, 0.25) is 0 Å². The van der Waals surface area contributed by atoms with E-state index in [2.05, 4.69) is 5.10 Å². The Bertz CT molecular complexity index is 507. The van der Waals surface area contributed by atoms with Gasteiger partial charge in [-0.2, -0.15) is 5.10 Å². The zero-order chi connectivity index (χ0) is 11.7. The van der Waals surface area contributed by atoms with Gasteiger partial charge < -0.3 is 5.11 Å².